The lowest BCUT2D eigenvalue weighted by molar-refractivity contribution is -0.133. The van der Waals surface area contributed by atoms with Crippen molar-refractivity contribution in [1.82, 2.24) is 14.5 Å². The number of nitrogens with zero attached hydrogens (tertiary/aromatic N) is 3. The highest BCUT2D eigenvalue weighted by atomic mass is 16.2. The smallest absolute Gasteiger partial charge is 0.223 e. The van der Waals surface area contributed by atoms with E-state index in [4.69, 9.17) is 0 Å². The van der Waals surface area contributed by atoms with Gasteiger partial charge in [0.1, 0.15) is 0 Å². The number of hydrogen-bond donors (Lipinski definition) is 0. The minimum atomic E-state index is 0.266. The number of aromatic nitrogens is 2. The van der Waals surface area contributed by atoms with Gasteiger partial charge in [-0.1, -0.05) is 13.8 Å². The fraction of sp³-hybridized carbons (Fsp3) is 0.667. The highest BCUT2D eigenvalue weighted by Gasteiger charge is 2.23. The van der Waals surface area contributed by atoms with Crippen LogP contribution < -0.4 is 0 Å². The molecule has 0 radical (unpaired) electrons. The van der Waals surface area contributed by atoms with E-state index >= 15 is 0 Å². The first-order valence-electron chi connectivity index (χ1n) is 5.84. The Labute approximate surface area is 96.3 Å². The van der Waals surface area contributed by atoms with Crippen LogP contribution >= 0.6 is 0 Å². The van der Waals surface area contributed by atoms with Crippen LogP contribution in [-0.2, 0) is 24.8 Å². The molecule has 16 heavy (non-hydrogen) atoms. The standard InChI is InChI=1S/C12H19N3O/c1-9(2)6-12(16)15-5-4-10-11(7-15)14(3)8-13-10/h8-9H,4-7H2,1-3H3. The van der Waals surface area contributed by atoms with Gasteiger partial charge in [-0.25, -0.2) is 4.98 Å². The predicted octanol–water partition coefficient (Wildman–Crippen LogP) is 1.35. The molecule has 0 atom stereocenters. The van der Waals surface area contributed by atoms with E-state index in [1.54, 1.807) is 0 Å². The van der Waals surface area contributed by atoms with E-state index < -0.39 is 0 Å². The van der Waals surface area contributed by atoms with Gasteiger partial charge < -0.3 is 9.47 Å². The number of aryl methyl sites for hydroxylation is 1. The van der Waals surface area contributed by atoms with E-state index in [0.29, 0.717) is 12.3 Å². The fourth-order valence-electron chi connectivity index (χ4n) is 2.11. The molecule has 2 heterocycles. The van der Waals surface area contributed by atoms with E-state index in [0.717, 1.165) is 25.2 Å². The van der Waals surface area contributed by atoms with Crippen LogP contribution in [0.15, 0.2) is 6.33 Å². The van der Waals surface area contributed by atoms with E-state index in [1.165, 1.54) is 5.69 Å². The molecule has 0 saturated carbocycles. The normalized spacial score (nSPS) is 15.4. The molecule has 0 fully saturated rings. The first-order chi connectivity index (χ1) is 7.58. The van der Waals surface area contributed by atoms with Crippen molar-refractivity contribution >= 4 is 5.91 Å². The summed E-state index contributed by atoms with van der Waals surface area (Å²) in [6.07, 6.45) is 3.37. The van der Waals surface area contributed by atoms with Gasteiger partial charge in [0.25, 0.3) is 0 Å². The molecule has 88 valence electrons. The Balaban J connectivity index is 2.07. The van der Waals surface area contributed by atoms with Crippen molar-refractivity contribution in [3.8, 4) is 0 Å². The Morgan fingerprint density at radius 3 is 3.00 bits per heavy atom. The molecule has 4 nitrogen and oxygen atoms in total. The molecule has 4 heteroatoms. The first kappa shape index (κ1) is 11.2. The Hall–Kier alpha value is -1.32. The van der Waals surface area contributed by atoms with Crippen molar-refractivity contribution < 1.29 is 4.79 Å². The minimum Gasteiger partial charge on any atom is -0.336 e. The second-order valence-electron chi connectivity index (χ2n) is 4.91. The number of imidazole rings is 1. The van der Waals surface area contributed by atoms with Gasteiger partial charge in [0.15, 0.2) is 0 Å². The highest BCUT2D eigenvalue weighted by molar-refractivity contribution is 5.76. The highest BCUT2D eigenvalue weighted by Crippen LogP contribution is 2.18. The lowest BCUT2D eigenvalue weighted by Crippen LogP contribution is -2.37. The number of carbonyl (C=O) groups is 1. The first-order valence-corrected chi connectivity index (χ1v) is 5.84. The largest absolute Gasteiger partial charge is 0.336 e. The van der Waals surface area contributed by atoms with E-state index in [1.807, 2.05) is 22.8 Å². The summed E-state index contributed by atoms with van der Waals surface area (Å²) in [5, 5.41) is 0. The molecule has 2 rings (SSSR count). The van der Waals surface area contributed by atoms with Gasteiger partial charge in [0.05, 0.1) is 24.3 Å². The molecule has 0 bridgehead atoms. The van der Waals surface area contributed by atoms with Gasteiger partial charge in [-0.15, -0.1) is 0 Å². The Morgan fingerprint density at radius 1 is 1.56 bits per heavy atom. The summed E-state index contributed by atoms with van der Waals surface area (Å²) in [4.78, 5) is 18.2. The van der Waals surface area contributed by atoms with Crippen LogP contribution in [0, 0.1) is 5.92 Å². The van der Waals surface area contributed by atoms with Crippen LogP contribution in [0.4, 0.5) is 0 Å². The van der Waals surface area contributed by atoms with Crippen LogP contribution in [0.1, 0.15) is 31.7 Å². The van der Waals surface area contributed by atoms with Crippen LogP contribution in [-0.4, -0.2) is 26.9 Å². The van der Waals surface area contributed by atoms with Crippen molar-refractivity contribution in [2.75, 3.05) is 6.54 Å². The van der Waals surface area contributed by atoms with Crippen LogP contribution in [0.25, 0.3) is 0 Å². The zero-order valence-corrected chi connectivity index (χ0v) is 10.2. The Morgan fingerprint density at radius 2 is 2.31 bits per heavy atom. The van der Waals surface area contributed by atoms with Gasteiger partial charge in [-0.3, -0.25) is 4.79 Å². The number of hydrogen-bond acceptors (Lipinski definition) is 2. The van der Waals surface area contributed by atoms with Crippen molar-refractivity contribution in [3.05, 3.63) is 17.7 Å². The molecule has 0 aromatic carbocycles. The maximum atomic E-state index is 11.9. The van der Waals surface area contributed by atoms with E-state index in [2.05, 4.69) is 18.8 Å². The van der Waals surface area contributed by atoms with Crippen LogP contribution in [0.2, 0.25) is 0 Å². The number of amides is 1. The number of rotatable bonds is 2. The monoisotopic (exact) mass is 221 g/mol. The van der Waals surface area contributed by atoms with Gasteiger partial charge in [0, 0.05) is 26.4 Å². The minimum absolute atomic E-state index is 0.266. The Kier molecular flexibility index (Phi) is 2.99. The third kappa shape index (κ3) is 2.10. The summed E-state index contributed by atoms with van der Waals surface area (Å²) in [6.45, 7) is 5.70. The molecule has 0 saturated heterocycles. The summed E-state index contributed by atoms with van der Waals surface area (Å²) in [6, 6.07) is 0. The SMILES string of the molecule is CC(C)CC(=O)N1CCc2ncn(C)c2C1. The maximum absolute atomic E-state index is 11.9. The lowest BCUT2D eigenvalue weighted by atomic mass is 10.1. The maximum Gasteiger partial charge on any atom is 0.223 e. The lowest BCUT2D eigenvalue weighted by Gasteiger charge is -2.27. The third-order valence-electron chi connectivity index (χ3n) is 3.04. The molecule has 0 aliphatic carbocycles. The average molecular weight is 221 g/mol. The van der Waals surface area contributed by atoms with Crippen molar-refractivity contribution in [2.45, 2.75) is 33.2 Å². The molecule has 1 aromatic rings. The van der Waals surface area contributed by atoms with Gasteiger partial charge in [0.2, 0.25) is 5.91 Å². The molecule has 1 aromatic heterocycles. The third-order valence-corrected chi connectivity index (χ3v) is 3.04. The van der Waals surface area contributed by atoms with Crippen molar-refractivity contribution in [2.24, 2.45) is 13.0 Å². The van der Waals surface area contributed by atoms with Gasteiger partial charge in [-0.05, 0) is 5.92 Å². The number of carbonyl (C=O) groups excluding carboxylic acids is 1. The molecular formula is C12H19N3O. The summed E-state index contributed by atoms with van der Waals surface area (Å²) < 4.78 is 2.02. The molecule has 0 N–H and O–H groups in total. The number of fused-ring (bicyclic) bond motifs is 1. The summed E-state index contributed by atoms with van der Waals surface area (Å²) in [5.41, 5.74) is 2.33. The molecule has 0 unspecified atom stereocenters. The van der Waals surface area contributed by atoms with Gasteiger partial charge >= 0.3 is 0 Å². The quantitative estimate of drug-likeness (QED) is 0.756. The molecule has 1 amide bonds. The molecule has 1 aliphatic rings. The zero-order valence-electron chi connectivity index (χ0n) is 10.2. The van der Waals surface area contributed by atoms with Crippen molar-refractivity contribution in [3.63, 3.8) is 0 Å². The second-order valence-corrected chi connectivity index (χ2v) is 4.91. The van der Waals surface area contributed by atoms with E-state index in [-0.39, 0.29) is 5.91 Å². The molecule has 1 aliphatic heterocycles. The topological polar surface area (TPSA) is 38.1 Å². The predicted molar refractivity (Wildman–Crippen MR) is 61.8 cm³/mol. The van der Waals surface area contributed by atoms with E-state index in [9.17, 15) is 4.79 Å². The summed E-state index contributed by atoms with van der Waals surface area (Å²) >= 11 is 0. The second kappa shape index (κ2) is 4.28. The zero-order chi connectivity index (χ0) is 11.7. The summed E-state index contributed by atoms with van der Waals surface area (Å²) in [7, 11) is 1.99. The van der Waals surface area contributed by atoms with Crippen LogP contribution in [0.3, 0.4) is 0 Å². The summed E-state index contributed by atoms with van der Waals surface area (Å²) in [5.74, 6) is 0.697. The molecular weight excluding hydrogens is 202 g/mol. The van der Waals surface area contributed by atoms with Crippen molar-refractivity contribution in [1.29, 1.82) is 0 Å². The van der Waals surface area contributed by atoms with Gasteiger partial charge in [-0.2, -0.15) is 0 Å². The van der Waals surface area contributed by atoms with Crippen LogP contribution in [0.5, 0.6) is 0 Å². The molecule has 0 spiro atoms. The average Bonchev–Trinajstić information content (AvgIpc) is 2.59. The Bertz CT molecular complexity index is 395. The fourth-order valence-corrected chi connectivity index (χ4v) is 2.11.